The molecule has 1 aliphatic rings. The van der Waals surface area contributed by atoms with E-state index in [4.69, 9.17) is 9.84 Å². The molecule has 0 saturated heterocycles. The molecule has 1 aliphatic carbocycles. The van der Waals surface area contributed by atoms with Crippen LogP contribution in [0.1, 0.15) is 41.6 Å². The summed E-state index contributed by atoms with van der Waals surface area (Å²) in [4.78, 5) is 15.5. The Morgan fingerprint density at radius 3 is 2.84 bits per heavy atom. The molecule has 0 amide bonds. The van der Waals surface area contributed by atoms with E-state index in [2.05, 4.69) is 4.98 Å². The van der Waals surface area contributed by atoms with Crippen LogP contribution in [0.4, 0.5) is 0 Å². The van der Waals surface area contributed by atoms with Crippen molar-refractivity contribution in [2.75, 3.05) is 6.61 Å². The van der Waals surface area contributed by atoms with Crippen molar-refractivity contribution in [1.29, 1.82) is 0 Å². The Balaban J connectivity index is 2.23. The van der Waals surface area contributed by atoms with Crippen molar-refractivity contribution in [1.82, 2.24) is 4.98 Å². The highest BCUT2D eigenvalue weighted by Crippen LogP contribution is 2.44. The first-order valence-electron chi connectivity index (χ1n) is 6.49. The van der Waals surface area contributed by atoms with Crippen LogP contribution in [-0.4, -0.2) is 22.7 Å². The lowest BCUT2D eigenvalue weighted by Crippen LogP contribution is -2.00. The molecule has 98 valence electrons. The molecule has 0 spiro atoms. The first-order chi connectivity index (χ1) is 9.20. The molecule has 1 N–H and O–H groups in total. The van der Waals surface area contributed by atoms with E-state index < -0.39 is 5.97 Å². The van der Waals surface area contributed by atoms with Gasteiger partial charge in [0.15, 0.2) is 0 Å². The molecule has 3 rings (SSSR count). The number of benzene rings is 1. The topological polar surface area (TPSA) is 59.4 Å². The fourth-order valence-electron chi connectivity index (χ4n) is 2.34. The van der Waals surface area contributed by atoms with Gasteiger partial charge in [-0.05, 0) is 54.8 Å². The minimum Gasteiger partial charge on any atom is -0.478 e. The van der Waals surface area contributed by atoms with Gasteiger partial charge in [-0.1, -0.05) is 0 Å². The molecule has 1 fully saturated rings. The number of aromatic carboxylic acids is 1. The second-order valence-corrected chi connectivity index (χ2v) is 4.79. The highest BCUT2D eigenvalue weighted by atomic mass is 16.5. The van der Waals surface area contributed by atoms with Crippen molar-refractivity contribution in [2.24, 2.45) is 0 Å². The van der Waals surface area contributed by atoms with Crippen LogP contribution in [0.25, 0.3) is 10.8 Å². The molecule has 1 aromatic heterocycles. The molecule has 2 aromatic rings. The molecule has 0 radical (unpaired) electrons. The molecule has 0 bridgehead atoms. The fourth-order valence-corrected chi connectivity index (χ4v) is 2.34. The van der Waals surface area contributed by atoms with Crippen molar-refractivity contribution >= 4 is 16.7 Å². The molecule has 19 heavy (non-hydrogen) atoms. The Kier molecular flexibility index (Phi) is 2.85. The second kappa shape index (κ2) is 4.53. The summed E-state index contributed by atoms with van der Waals surface area (Å²) in [5, 5.41) is 11.0. The lowest BCUT2D eigenvalue weighted by Gasteiger charge is -2.10. The van der Waals surface area contributed by atoms with Crippen LogP contribution in [0.2, 0.25) is 0 Å². The number of rotatable bonds is 4. The fraction of sp³-hybridized carbons (Fsp3) is 0.333. The van der Waals surface area contributed by atoms with Crippen molar-refractivity contribution < 1.29 is 14.6 Å². The highest BCUT2D eigenvalue weighted by molar-refractivity contribution is 5.97. The minimum atomic E-state index is -0.904. The summed E-state index contributed by atoms with van der Waals surface area (Å²) >= 11 is 0. The summed E-state index contributed by atoms with van der Waals surface area (Å²) in [7, 11) is 0. The third kappa shape index (κ3) is 2.14. The number of hydrogen-bond acceptors (Lipinski definition) is 3. The molecule has 4 heteroatoms. The van der Waals surface area contributed by atoms with Gasteiger partial charge in [0.25, 0.3) is 0 Å². The van der Waals surface area contributed by atoms with Crippen molar-refractivity contribution in [3.05, 3.63) is 35.5 Å². The Hall–Kier alpha value is -2.10. The zero-order valence-electron chi connectivity index (χ0n) is 10.7. The average molecular weight is 257 g/mol. The maximum Gasteiger partial charge on any atom is 0.335 e. The van der Waals surface area contributed by atoms with E-state index in [1.54, 1.807) is 18.2 Å². The maximum absolute atomic E-state index is 11.1. The number of carboxylic acids is 1. The van der Waals surface area contributed by atoms with E-state index in [0.29, 0.717) is 24.0 Å². The predicted octanol–water partition coefficient (Wildman–Crippen LogP) is 3.21. The van der Waals surface area contributed by atoms with E-state index in [0.717, 1.165) is 29.2 Å². The van der Waals surface area contributed by atoms with Gasteiger partial charge in [-0.2, -0.15) is 0 Å². The van der Waals surface area contributed by atoms with Crippen LogP contribution in [0.5, 0.6) is 5.88 Å². The van der Waals surface area contributed by atoms with Gasteiger partial charge >= 0.3 is 5.97 Å². The van der Waals surface area contributed by atoms with E-state index in [-0.39, 0.29) is 0 Å². The lowest BCUT2D eigenvalue weighted by molar-refractivity contribution is 0.0697. The number of pyridine rings is 1. The molecule has 1 saturated carbocycles. The minimum absolute atomic E-state index is 0.308. The highest BCUT2D eigenvalue weighted by Gasteiger charge is 2.26. The Bertz CT molecular complexity index is 647. The number of carbonyl (C=O) groups is 1. The van der Waals surface area contributed by atoms with Gasteiger partial charge in [0.2, 0.25) is 5.88 Å². The van der Waals surface area contributed by atoms with Crippen LogP contribution in [-0.2, 0) is 0 Å². The van der Waals surface area contributed by atoms with Gasteiger partial charge in [-0.15, -0.1) is 0 Å². The zero-order chi connectivity index (χ0) is 13.4. The van der Waals surface area contributed by atoms with Gasteiger partial charge in [0.05, 0.1) is 12.2 Å². The van der Waals surface area contributed by atoms with E-state index in [9.17, 15) is 4.79 Å². The predicted molar refractivity (Wildman–Crippen MR) is 71.8 cm³/mol. The number of carboxylic acid groups (broad SMARTS) is 1. The number of aromatic nitrogens is 1. The number of hydrogen-bond donors (Lipinski definition) is 1. The van der Waals surface area contributed by atoms with Crippen LogP contribution < -0.4 is 4.74 Å². The molecular formula is C15H15NO3. The van der Waals surface area contributed by atoms with Gasteiger partial charge < -0.3 is 9.84 Å². The molecule has 1 aromatic carbocycles. The van der Waals surface area contributed by atoms with Gasteiger partial charge in [0.1, 0.15) is 0 Å². The van der Waals surface area contributed by atoms with Crippen LogP contribution in [0.3, 0.4) is 0 Å². The largest absolute Gasteiger partial charge is 0.478 e. The van der Waals surface area contributed by atoms with Crippen LogP contribution >= 0.6 is 0 Å². The van der Waals surface area contributed by atoms with Crippen LogP contribution in [0, 0.1) is 0 Å². The summed E-state index contributed by atoms with van der Waals surface area (Å²) in [5.74, 6) is 0.201. The summed E-state index contributed by atoms with van der Waals surface area (Å²) in [6.07, 6.45) is 4.14. The number of ether oxygens (including phenoxy) is 1. The lowest BCUT2D eigenvalue weighted by atomic mass is 10.0. The third-order valence-corrected chi connectivity index (χ3v) is 3.43. The molecular weight excluding hydrogens is 242 g/mol. The monoisotopic (exact) mass is 257 g/mol. The smallest absolute Gasteiger partial charge is 0.335 e. The quantitative estimate of drug-likeness (QED) is 0.913. The van der Waals surface area contributed by atoms with Gasteiger partial charge in [0, 0.05) is 11.6 Å². The first-order valence-corrected chi connectivity index (χ1v) is 6.49. The SMILES string of the molecule is CCOc1ncc(C2CC2)c2cc(C(=O)O)ccc12. The average Bonchev–Trinajstić information content (AvgIpc) is 3.23. The Morgan fingerprint density at radius 1 is 1.42 bits per heavy atom. The third-order valence-electron chi connectivity index (χ3n) is 3.43. The molecule has 4 nitrogen and oxygen atoms in total. The van der Waals surface area contributed by atoms with Crippen LogP contribution in [0.15, 0.2) is 24.4 Å². The molecule has 0 aliphatic heterocycles. The zero-order valence-corrected chi connectivity index (χ0v) is 10.7. The standard InChI is InChI=1S/C15H15NO3/c1-2-19-14-11-6-5-10(15(17)18)7-12(11)13(8-16-14)9-3-4-9/h5-9H,2-4H2,1H3,(H,17,18). The first kappa shape index (κ1) is 12.0. The van der Waals surface area contributed by atoms with Gasteiger partial charge in [-0.3, -0.25) is 0 Å². The molecule has 0 atom stereocenters. The van der Waals surface area contributed by atoms with Crippen molar-refractivity contribution in [3.8, 4) is 5.88 Å². The van der Waals surface area contributed by atoms with Crippen molar-refractivity contribution in [2.45, 2.75) is 25.7 Å². The summed E-state index contributed by atoms with van der Waals surface area (Å²) in [5.41, 5.74) is 1.45. The normalized spacial score (nSPS) is 14.6. The number of nitrogens with zero attached hydrogens (tertiary/aromatic N) is 1. The summed E-state index contributed by atoms with van der Waals surface area (Å²) in [6.45, 7) is 2.46. The molecule has 0 unspecified atom stereocenters. The summed E-state index contributed by atoms with van der Waals surface area (Å²) in [6, 6.07) is 5.13. The maximum atomic E-state index is 11.1. The molecule has 1 heterocycles. The Morgan fingerprint density at radius 2 is 2.21 bits per heavy atom. The second-order valence-electron chi connectivity index (χ2n) is 4.79. The van der Waals surface area contributed by atoms with E-state index in [1.165, 1.54) is 0 Å². The number of fused-ring (bicyclic) bond motifs is 1. The van der Waals surface area contributed by atoms with Gasteiger partial charge in [-0.25, -0.2) is 9.78 Å². The van der Waals surface area contributed by atoms with E-state index >= 15 is 0 Å². The van der Waals surface area contributed by atoms with E-state index in [1.807, 2.05) is 13.1 Å². The summed E-state index contributed by atoms with van der Waals surface area (Å²) < 4.78 is 5.52. The van der Waals surface area contributed by atoms with Crippen molar-refractivity contribution in [3.63, 3.8) is 0 Å². The Labute approximate surface area is 111 Å².